The van der Waals surface area contributed by atoms with Gasteiger partial charge in [-0.1, -0.05) is 40.1 Å². The predicted molar refractivity (Wildman–Crippen MR) is 77.7 cm³/mol. The van der Waals surface area contributed by atoms with Crippen molar-refractivity contribution in [3.63, 3.8) is 0 Å². The quantitative estimate of drug-likeness (QED) is 0.548. The van der Waals surface area contributed by atoms with Gasteiger partial charge in [0.15, 0.2) is 0 Å². The number of halogens is 2. The monoisotopic (exact) mass is 376 g/mol. The van der Waals surface area contributed by atoms with E-state index in [2.05, 4.69) is 50.9 Å². The standard InChI is InChI=1S/C10H16P2.2ClH.Pd/c1-11(2)9-7-5-6-8-10(9)12(3)4;;;/h5-8H,1-4H3;2*1H;/q;;;+2. The summed E-state index contributed by atoms with van der Waals surface area (Å²) >= 11 is 0. The molecule has 1 rings (SSSR count). The third kappa shape index (κ3) is 6.58. The normalized spacial score (nSPS) is 8.93. The summed E-state index contributed by atoms with van der Waals surface area (Å²) in [7, 11) is 0.135. The van der Waals surface area contributed by atoms with Crippen LogP contribution in [0.5, 0.6) is 0 Å². The second-order valence-corrected chi connectivity index (χ2v) is 7.82. The third-order valence-electron chi connectivity index (χ3n) is 1.85. The van der Waals surface area contributed by atoms with E-state index in [4.69, 9.17) is 0 Å². The molecule has 0 radical (unpaired) electrons. The van der Waals surface area contributed by atoms with Gasteiger partial charge in [0.05, 0.1) is 0 Å². The van der Waals surface area contributed by atoms with Gasteiger partial charge in [-0.2, -0.15) is 0 Å². The minimum Gasteiger partial charge on any atom is -0.147 e. The zero-order valence-corrected chi connectivity index (χ0v) is 14.3. The van der Waals surface area contributed by atoms with Crippen LogP contribution in [-0.2, 0) is 20.4 Å². The summed E-state index contributed by atoms with van der Waals surface area (Å²) in [5, 5.41) is 3.17. The first kappa shape index (κ1) is 21.6. The van der Waals surface area contributed by atoms with Crippen LogP contribution in [0.3, 0.4) is 0 Å². The molecule has 1 aromatic rings. The molecule has 0 fully saturated rings. The minimum atomic E-state index is 0. The van der Waals surface area contributed by atoms with Crippen LogP contribution in [-0.4, -0.2) is 26.7 Å². The van der Waals surface area contributed by atoms with E-state index in [1.807, 2.05) is 0 Å². The van der Waals surface area contributed by atoms with Gasteiger partial charge in [0, 0.05) is 0 Å². The van der Waals surface area contributed by atoms with Crippen LogP contribution in [0.1, 0.15) is 0 Å². The molecule has 1 aromatic carbocycles. The molecule has 0 saturated heterocycles. The van der Waals surface area contributed by atoms with Crippen LogP contribution in [0.2, 0.25) is 0 Å². The molecule has 0 spiro atoms. The number of benzene rings is 1. The fourth-order valence-corrected chi connectivity index (χ4v) is 4.25. The molecule has 90 valence electrons. The van der Waals surface area contributed by atoms with Crippen molar-refractivity contribution in [3.8, 4) is 0 Å². The third-order valence-corrected chi connectivity index (χ3v) is 4.73. The Kier molecular flexibility index (Phi) is 15.1. The largest absolute Gasteiger partial charge is 2.00 e. The molecule has 0 aliphatic carbocycles. The average Bonchev–Trinajstić information content (AvgIpc) is 2.04. The molecule has 0 aliphatic heterocycles. The van der Waals surface area contributed by atoms with Crippen molar-refractivity contribution >= 4 is 51.3 Å². The van der Waals surface area contributed by atoms with Crippen molar-refractivity contribution in [3.05, 3.63) is 24.3 Å². The van der Waals surface area contributed by atoms with Gasteiger partial charge >= 0.3 is 20.4 Å². The van der Waals surface area contributed by atoms with Crippen molar-refractivity contribution in [1.29, 1.82) is 0 Å². The van der Waals surface area contributed by atoms with E-state index in [1.54, 1.807) is 10.6 Å². The Morgan fingerprint density at radius 3 is 1.20 bits per heavy atom. The number of hydrogen-bond acceptors (Lipinski definition) is 0. The fourth-order valence-electron chi connectivity index (χ4n) is 1.22. The maximum atomic E-state index is 2.33. The first-order valence-electron chi connectivity index (χ1n) is 4.06. The van der Waals surface area contributed by atoms with Gasteiger partial charge in [-0.15, -0.1) is 24.8 Å². The molecule has 0 amide bonds. The second-order valence-electron chi connectivity index (χ2n) is 3.28. The van der Waals surface area contributed by atoms with Crippen LogP contribution in [0.15, 0.2) is 24.3 Å². The maximum Gasteiger partial charge on any atom is 2.00 e. The van der Waals surface area contributed by atoms with E-state index >= 15 is 0 Å². The molecule has 0 N–H and O–H groups in total. The predicted octanol–water partition coefficient (Wildman–Crippen LogP) is 3.26. The summed E-state index contributed by atoms with van der Waals surface area (Å²) in [5.74, 6) is 0. The molecule has 0 atom stereocenters. The van der Waals surface area contributed by atoms with Gasteiger partial charge in [-0.3, -0.25) is 0 Å². The Labute approximate surface area is 122 Å². The molecule has 0 aliphatic rings. The Bertz CT molecular complexity index is 240. The molecule has 0 aromatic heterocycles. The molecule has 0 heterocycles. The number of hydrogen-bond donors (Lipinski definition) is 0. The molecule has 5 heteroatoms. The number of rotatable bonds is 2. The Balaban J connectivity index is -0.000000480. The molecule has 0 bridgehead atoms. The summed E-state index contributed by atoms with van der Waals surface area (Å²) < 4.78 is 0. The molecule has 0 saturated carbocycles. The molecular weight excluding hydrogens is 359 g/mol. The van der Waals surface area contributed by atoms with E-state index in [-0.39, 0.29) is 61.1 Å². The smallest absolute Gasteiger partial charge is 0.147 e. The first-order chi connectivity index (χ1) is 5.63. The van der Waals surface area contributed by atoms with Gasteiger partial charge in [0.25, 0.3) is 0 Å². The van der Waals surface area contributed by atoms with E-state index in [1.165, 1.54) is 0 Å². The zero-order valence-electron chi connectivity index (χ0n) is 9.34. The average molecular weight is 378 g/mol. The van der Waals surface area contributed by atoms with Crippen molar-refractivity contribution in [2.75, 3.05) is 26.7 Å². The van der Waals surface area contributed by atoms with Crippen LogP contribution in [0.25, 0.3) is 0 Å². The maximum absolute atomic E-state index is 2.33. The molecule has 0 nitrogen and oxygen atoms in total. The van der Waals surface area contributed by atoms with Crippen LogP contribution in [0, 0.1) is 0 Å². The summed E-state index contributed by atoms with van der Waals surface area (Å²) in [6, 6.07) is 8.87. The summed E-state index contributed by atoms with van der Waals surface area (Å²) in [4.78, 5) is 0. The van der Waals surface area contributed by atoms with Crippen molar-refractivity contribution < 1.29 is 20.4 Å². The van der Waals surface area contributed by atoms with E-state index < -0.39 is 0 Å². The van der Waals surface area contributed by atoms with E-state index in [9.17, 15) is 0 Å². The van der Waals surface area contributed by atoms with Crippen molar-refractivity contribution in [2.45, 2.75) is 0 Å². The van der Waals surface area contributed by atoms with Gasteiger partial charge in [0.1, 0.15) is 0 Å². The summed E-state index contributed by atoms with van der Waals surface area (Å²) in [5.41, 5.74) is 0. The van der Waals surface area contributed by atoms with Crippen molar-refractivity contribution in [1.82, 2.24) is 0 Å². The Morgan fingerprint density at radius 1 is 0.733 bits per heavy atom. The Morgan fingerprint density at radius 2 is 1.00 bits per heavy atom. The van der Waals surface area contributed by atoms with Crippen LogP contribution < -0.4 is 10.6 Å². The van der Waals surface area contributed by atoms with Crippen molar-refractivity contribution in [2.24, 2.45) is 0 Å². The minimum absolute atomic E-state index is 0. The molecular formula is C10H18Cl2P2Pd+2. The van der Waals surface area contributed by atoms with Gasteiger partial charge in [0.2, 0.25) is 0 Å². The van der Waals surface area contributed by atoms with Gasteiger partial charge < -0.3 is 0 Å². The summed E-state index contributed by atoms with van der Waals surface area (Å²) in [6.45, 7) is 9.31. The van der Waals surface area contributed by atoms with E-state index in [0.717, 1.165) is 0 Å². The zero-order chi connectivity index (χ0) is 9.14. The fraction of sp³-hybridized carbons (Fsp3) is 0.400. The van der Waals surface area contributed by atoms with Crippen LogP contribution >= 0.6 is 40.7 Å². The van der Waals surface area contributed by atoms with E-state index in [0.29, 0.717) is 0 Å². The Hall–Kier alpha value is 1.32. The van der Waals surface area contributed by atoms with Gasteiger partial charge in [-0.25, -0.2) is 0 Å². The SMILES string of the molecule is CP(C)c1ccccc1P(C)C.Cl.Cl.[Pd+2]. The first-order valence-corrected chi connectivity index (χ1v) is 8.54. The van der Waals surface area contributed by atoms with Crippen LogP contribution in [0.4, 0.5) is 0 Å². The summed E-state index contributed by atoms with van der Waals surface area (Å²) in [6.07, 6.45) is 0. The second kappa shape index (κ2) is 10.5. The molecule has 0 unspecified atom stereocenters. The topological polar surface area (TPSA) is 0 Å². The molecule has 15 heavy (non-hydrogen) atoms. The van der Waals surface area contributed by atoms with Gasteiger partial charge in [-0.05, 0) is 37.3 Å².